The average molecular weight is 397 g/mol. The molecule has 0 saturated carbocycles. The fourth-order valence-electron chi connectivity index (χ4n) is 2.39. The molecule has 3 rings (SSSR count). The van der Waals surface area contributed by atoms with Crippen molar-refractivity contribution in [3.63, 3.8) is 0 Å². The number of rotatable bonds is 7. The SMILES string of the molecule is CC(=O)Nc1ccc(S(=O)(=O)Nc2ccc(NCc3cccnc3)nc2)cc1. The van der Waals surface area contributed by atoms with Crippen molar-refractivity contribution in [3.8, 4) is 0 Å². The second kappa shape index (κ2) is 8.49. The molecule has 144 valence electrons. The minimum atomic E-state index is -3.76. The Hall–Kier alpha value is -3.46. The van der Waals surface area contributed by atoms with Gasteiger partial charge in [0, 0.05) is 31.5 Å². The van der Waals surface area contributed by atoms with E-state index in [0.717, 1.165) is 5.56 Å². The zero-order valence-corrected chi connectivity index (χ0v) is 15.9. The van der Waals surface area contributed by atoms with E-state index in [2.05, 4.69) is 25.3 Å². The first-order valence-corrected chi connectivity index (χ1v) is 9.90. The molecule has 3 aromatic rings. The minimum Gasteiger partial charge on any atom is -0.366 e. The van der Waals surface area contributed by atoms with Crippen molar-refractivity contribution in [2.75, 3.05) is 15.4 Å². The molecule has 3 N–H and O–H groups in total. The summed E-state index contributed by atoms with van der Waals surface area (Å²) in [6.07, 6.45) is 4.90. The Balaban J connectivity index is 1.63. The summed E-state index contributed by atoms with van der Waals surface area (Å²) in [5, 5.41) is 5.73. The van der Waals surface area contributed by atoms with Crippen LogP contribution in [0.1, 0.15) is 12.5 Å². The van der Waals surface area contributed by atoms with E-state index >= 15 is 0 Å². The van der Waals surface area contributed by atoms with Gasteiger partial charge in [0.25, 0.3) is 10.0 Å². The fraction of sp³-hybridized carbons (Fsp3) is 0.105. The lowest BCUT2D eigenvalue weighted by molar-refractivity contribution is -0.114. The Morgan fingerprint density at radius 3 is 2.36 bits per heavy atom. The molecule has 0 bridgehead atoms. The highest BCUT2D eigenvalue weighted by molar-refractivity contribution is 7.92. The van der Waals surface area contributed by atoms with E-state index in [1.54, 1.807) is 24.5 Å². The van der Waals surface area contributed by atoms with Crippen LogP contribution in [0.4, 0.5) is 17.2 Å². The molecule has 0 radical (unpaired) electrons. The Morgan fingerprint density at radius 1 is 1.00 bits per heavy atom. The monoisotopic (exact) mass is 397 g/mol. The van der Waals surface area contributed by atoms with Gasteiger partial charge in [0.05, 0.1) is 16.8 Å². The summed E-state index contributed by atoms with van der Waals surface area (Å²) in [7, 11) is -3.76. The number of amides is 1. The first kappa shape index (κ1) is 19.3. The van der Waals surface area contributed by atoms with Crippen molar-refractivity contribution in [2.24, 2.45) is 0 Å². The molecule has 0 aliphatic heterocycles. The zero-order valence-electron chi connectivity index (χ0n) is 15.1. The number of aromatic nitrogens is 2. The van der Waals surface area contributed by atoms with Gasteiger partial charge in [0.2, 0.25) is 5.91 Å². The van der Waals surface area contributed by atoms with Gasteiger partial charge >= 0.3 is 0 Å². The molecule has 0 aliphatic rings. The van der Waals surface area contributed by atoms with E-state index in [0.29, 0.717) is 23.7 Å². The summed E-state index contributed by atoms with van der Waals surface area (Å²) in [5.74, 6) is 0.392. The zero-order chi connectivity index (χ0) is 20.0. The molecule has 9 heteroatoms. The van der Waals surface area contributed by atoms with E-state index in [1.807, 2.05) is 12.1 Å². The van der Waals surface area contributed by atoms with Crippen LogP contribution >= 0.6 is 0 Å². The summed E-state index contributed by atoms with van der Waals surface area (Å²) in [5.41, 5.74) is 1.88. The van der Waals surface area contributed by atoms with Crippen molar-refractivity contribution >= 4 is 33.1 Å². The van der Waals surface area contributed by atoms with Crippen LogP contribution in [-0.2, 0) is 21.4 Å². The molecule has 0 fully saturated rings. The van der Waals surface area contributed by atoms with Gasteiger partial charge in [-0.15, -0.1) is 0 Å². The van der Waals surface area contributed by atoms with Crippen LogP contribution in [0, 0.1) is 0 Å². The number of anilines is 3. The lowest BCUT2D eigenvalue weighted by atomic mass is 10.3. The third-order valence-electron chi connectivity index (χ3n) is 3.70. The van der Waals surface area contributed by atoms with E-state index in [9.17, 15) is 13.2 Å². The first-order chi connectivity index (χ1) is 13.4. The summed E-state index contributed by atoms with van der Waals surface area (Å²) in [4.78, 5) is 19.4. The predicted molar refractivity (Wildman–Crippen MR) is 107 cm³/mol. The lowest BCUT2D eigenvalue weighted by Crippen LogP contribution is -2.13. The normalized spacial score (nSPS) is 10.9. The topological polar surface area (TPSA) is 113 Å². The summed E-state index contributed by atoms with van der Waals surface area (Å²) in [6.45, 7) is 1.95. The molecule has 0 unspecified atom stereocenters. The van der Waals surface area contributed by atoms with Gasteiger partial charge < -0.3 is 10.6 Å². The van der Waals surface area contributed by atoms with E-state index in [1.165, 1.54) is 37.4 Å². The van der Waals surface area contributed by atoms with Gasteiger partial charge in [-0.1, -0.05) is 6.07 Å². The van der Waals surface area contributed by atoms with Gasteiger partial charge in [0.1, 0.15) is 5.82 Å². The van der Waals surface area contributed by atoms with Crippen molar-refractivity contribution < 1.29 is 13.2 Å². The number of nitrogens with zero attached hydrogens (tertiary/aromatic N) is 2. The van der Waals surface area contributed by atoms with Crippen molar-refractivity contribution in [1.82, 2.24) is 9.97 Å². The summed E-state index contributed by atoms with van der Waals surface area (Å²) >= 11 is 0. The Labute approximate surface area is 163 Å². The van der Waals surface area contributed by atoms with Gasteiger partial charge in [-0.3, -0.25) is 14.5 Å². The molecule has 0 atom stereocenters. The van der Waals surface area contributed by atoms with Crippen LogP contribution in [0.3, 0.4) is 0 Å². The van der Waals surface area contributed by atoms with E-state index in [4.69, 9.17) is 0 Å². The van der Waals surface area contributed by atoms with Crippen LogP contribution in [0.15, 0.2) is 72.0 Å². The highest BCUT2D eigenvalue weighted by Gasteiger charge is 2.14. The first-order valence-electron chi connectivity index (χ1n) is 8.42. The largest absolute Gasteiger partial charge is 0.366 e. The second-order valence-corrected chi connectivity index (χ2v) is 7.64. The van der Waals surface area contributed by atoms with Gasteiger partial charge in [-0.2, -0.15) is 0 Å². The van der Waals surface area contributed by atoms with Gasteiger partial charge in [0.15, 0.2) is 0 Å². The van der Waals surface area contributed by atoms with E-state index < -0.39 is 10.0 Å². The Bertz CT molecular complexity index is 1040. The molecular weight excluding hydrogens is 378 g/mol. The Kier molecular flexibility index (Phi) is 5.85. The quantitative estimate of drug-likeness (QED) is 0.565. The van der Waals surface area contributed by atoms with E-state index in [-0.39, 0.29) is 10.8 Å². The number of sulfonamides is 1. The molecule has 0 saturated heterocycles. The van der Waals surface area contributed by atoms with Crippen LogP contribution in [0.5, 0.6) is 0 Å². The molecule has 0 aliphatic carbocycles. The number of nitrogens with one attached hydrogen (secondary N) is 3. The average Bonchev–Trinajstić information content (AvgIpc) is 2.68. The molecule has 8 nitrogen and oxygen atoms in total. The molecule has 2 aromatic heterocycles. The summed E-state index contributed by atoms with van der Waals surface area (Å²) in [6, 6.07) is 13.0. The van der Waals surface area contributed by atoms with Crippen LogP contribution in [0.2, 0.25) is 0 Å². The molecular formula is C19H19N5O3S. The number of hydrogen-bond acceptors (Lipinski definition) is 6. The maximum Gasteiger partial charge on any atom is 0.261 e. The van der Waals surface area contributed by atoms with Crippen molar-refractivity contribution in [1.29, 1.82) is 0 Å². The van der Waals surface area contributed by atoms with Gasteiger partial charge in [-0.05, 0) is 48.0 Å². The molecule has 0 spiro atoms. The Morgan fingerprint density at radius 2 is 1.75 bits per heavy atom. The van der Waals surface area contributed by atoms with Crippen LogP contribution in [-0.4, -0.2) is 24.3 Å². The number of carbonyl (C=O) groups excluding carboxylic acids is 1. The predicted octanol–water partition coefficient (Wildman–Crippen LogP) is 2.85. The lowest BCUT2D eigenvalue weighted by Gasteiger charge is -2.10. The highest BCUT2D eigenvalue weighted by atomic mass is 32.2. The molecule has 28 heavy (non-hydrogen) atoms. The van der Waals surface area contributed by atoms with Gasteiger partial charge in [-0.25, -0.2) is 13.4 Å². The molecule has 1 aromatic carbocycles. The molecule has 1 amide bonds. The number of benzene rings is 1. The minimum absolute atomic E-state index is 0.0837. The van der Waals surface area contributed by atoms with Crippen LogP contribution in [0.25, 0.3) is 0 Å². The third kappa shape index (κ3) is 5.27. The fourth-order valence-corrected chi connectivity index (χ4v) is 3.43. The second-order valence-electron chi connectivity index (χ2n) is 5.96. The molecule has 2 heterocycles. The smallest absolute Gasteiger partial charge is 0.261 e. The standard InChI is InChI=1S/C19H19N5O3S/c1-14(25)23-16-4-7-18(8-5-16)28(26,27)24-17-6-9-19(22-13-17)21-12-15-3-2-10-20-11-15/h2-11,13,24H,12H2,1H3,(H,21,22)(H,23,25). The number of carbonyl (C=O) groups is 1. The van der Waals surface area contributed by atoms with Crippen molar-refractivity contribution in [3.05, 3.63) is 72.7 Å². The maximum atomic E-state index is 12.5. The maximum absolute atomic E-state index is 12.5. The number of hydrogen-bond donors (Lipinski definition) is 3. The highest BCUT2D eigenvalue weighted by Crippen LogP contribution is 2.19. The van der Waals surface area contributed by atoms with Crippen LogP contribution < -0.4 is 15.4 Å². The third-order valence-corrected chi connectivity index (χ3v) is 5.09. The number of pyridine rings is 2. The van der Waals surface area contributed by atoms with Crippen molar-refractivity contribution in [2.45, 2.75) is 18.4 Å². The summed E-state index contributed by atoms with van der Waals surface area (Å²) < 4.78 is 27.4.